The van der Waals surface area contributed by atoms with Crippen LogP contribution in [0.4, 0.5) is 13.2 Å². The lowest BCUT2D eigenvalue weighted by atomic mass is 9.97. The van der Waals surface area contributed by atoms with E-state index in [0.29, 0.717) is 17.4 Å². The Bertz CT molecular complexity index is 429. The molecule has 0 aliphatic carbocycles. The second-order valence-corrected chi connectivity index (χ2v) is 5.18. The zero-order valence-corrected chi connectivity index (χ0v) is 12.3. The highest BCUT2D eigenvalue weighted by Gasteiger charge is 2.35. The number of hydrogen-bond donors (Lipinski definition) is 1. The highest BCUT2D eigenvalue weighted by Crippen LogP contribution is 2.37. The Kier molecular flexibility index (Phi) is 6.07. The lowest BCUT2D eigenvalue weighted by molar-refractivity contribution is -0.138. The smallest absolute Gasteiger partial charge is 0.310 e. The summed E-state index contributed by atoms with van der Waals surface area (Å²) in [6.07, 6.45) is -1.39. The molecule has 19 heavy (non-hydrogen) atoms. The van der Waals surface area contributed by atoms with E-state index in [9.17, 15) is 13.2 Å². The van der Waals surface area contributed by atoms with Gasteiger partial charge in [0, 0.05) is 10.5 Å². The van der Waals surface area contributed by atoms with Crippen LogP contribution in [0, 0.1) is 0 Å². The van der Waals surface area contributed by atoms with Crippen LogP contribution in [0.15, 0.2) is 35.3 Å². The van der Waals surface area contributed by atoms with Gasteiger partial charge in [0.25, 0.3) is 0 Å². The summed E-state index contributed by atoms with van der Waals surface area (Å²) >= 11 is 3.09. The first-order chi connectivity index (χ1) is 8.90. The molecule has 0 saturated heterocycles. The van der Waals surface area contributed by atoms with Gasteiger partial charge in [0.1, 0.15) is 0 Å². The summed E-state index contributed by atoms with van der Waals surface area (Å²) in [7, 11) is 0. The number of alkyl halides is 3. The molecule has 1 aromatic carbocycles. The molecule has 0 aliphatic heterocycles. The lowest BCUT2D eigenvalue weighted by Gasteiger charge is -2.22. The van der Waals surface area contributed by atoms with Gasteiger partial charge in [-0.1, -0.05) is 35.0 Å². The van der Waals surface area contributed by atoms with Crippen LogP contribution in [-0.2, 0) is 6.18 Å². The van der Waals surface area contributed by atoms with Gasteiger partial charge < -0.3 is 5.32 Å². The van der Waals surface area contributed by atoms with E-state index in [1.54, 1.807) is 12.1 Å². The zero-order chi connectivity index (χ0) is 14.5. The summed E-state index contributed by atoms with van der Waals surface area (Å²) in [6, 6.07) is 3.92. The molecule has 0 saturated carbocycles. The van der Waals surface area contributed by atoms with Crippen LogP contribution < -0.4 is 5.32 Å². The second-order valence-electron chi connectivity index (χ2n) is 4.26. The molecular weight excluding hydrogens is 319 g/mol. The van der Waals surface area contributed by atoms with E-state index >= 15 is 0 Å². The molecule has 1 aromatic rings. The third kappa shape index (κ3) is 4.66. The maximum absolute atomic E-state index is 13.1. The normalized spacial score (nSPS) is 13.3. The van der Waals surface area contributed by atoms with E-state index in [1.807, 2.05) is 6.92 Å². The van der Waals surface area contributed by atoms with Gasteiger partial charge in [-0.05, 0) is 37.1 Å². The highest BCUT2D eigenvalue weighted by atomic mass is 79.9. The maximum atomic E-state index is 13.1. The first kappa shape index (κ1) is 16.2. The monoisotopic (exact) mass is 335 g/mol. The second kappa shape index (κ2) is 7.10. The fraction of sp³-hybridized carbons (Fsp3) is 0.429. The predicted molar refractivity (Wildman–Crippen MR) is 75.0 cm³/mol. The topological polar surface area (TPSA) is 12.0 Å². The predicted octanol–water partition coefficient (Wildman–Crippen LogP) is 5.08. The van der Waals surface area contributed by atoms with E-state index in [1.165, 1.54) is 6.07 Å². The number of hydrogen-bond acceptors (Lipinski definition) is 1. The van der Waals surface area contributed by atoms with E-state index in [0.717, 1.165) is 12.5 Å². The highest BCUT2D eigenvalue weighted by molar-refractivity contribution is 9.10. The Morgan fingerprint density at radius 2 is 2.11 bits per heavy atom. The van der Waals surface area contributed by atoms with Gasteiger partial charge in [-0.2, -0.15) is 13.2 Å². The minimum Gasteiger partial charge on any atom is -0.310 e. The van der Waals surface area contributed by atoms with Gasteiger partial charge in [0.05, 0.1) is 5.56 Å². The number of benzene rings is 1. The van der Waals surface area contributed by atoms with Crippen LogP contribution in [0.1, 0.15) is 36.9 Å². The van der Waals surface area contributed by atoms with Crippen molar-refractivity contribution < 1.29 is 13.2 Å². The standard InChI is InChI=1S/C14H17BrF3N/c1-3-5-13(19-8-4-2)11-7-6-10(15)9-12(11)14(16,17)18/h3,6-7,9,13,19H,1,4-5,8H2,2H3. The Labute approximate surface area is 120 Å². The molecule has 0 heterocycles. The molecule has 1 nitrogen and oxygen atoms in total. The molecule has 0 radical (unpaired) electrons. The lowest BCUT2D eigenvalue weighted by Crippen LogP contribution is -2.24. The number of rotatable bonds is 6. The van der Waals surface area contributed by atoms with Crippen molar-refractivity contribution in [3.8, 4) is 0 Å². The average molecular weight is 336 g/mol. The molecule has 1 rings (SSSR count). The summed E-state index contributed by atoms with van der Waals surface area (Å²) in [5.41, 5.74) is -0.332. The van der Waals surface area contributed by atoms with Crippen molar-refractivity contribution in [2.75, 3.05) is 6.54 Å². The van der Waals surface area contributed by atoms with E-state index in [2.05, 4.69) is 27.8 Å². The summed E-state index contributed by atoms with van der Waals surface area (Å²) in [4.78, 5) is 0. The molecule has 0 aliphatic rings. The van der Waals surface area contributed by atoms with Crippen LogP contribution in [-0.4, -0.2) is 6.54 Å². The van der Waals surface area contributed by atoms with Crippen LogP contribution in [0.5, 0.6) is 0 Å². The summed E-state index contributed by atoms with van der Waals surface area (Å²) < 4.78 is 39.7. The summed E-state index contributed by atoms with van der Waals surface area (Å²) in [6.45, 7) is 6.26. The molecule has 106 valence electrons. The SMILES string of the molecule is C=CCC(NCCC)c1ccc(Br)cc1C(F)(F)F. The summed E-state index contributed by atoms with van der Waals surface area (Å²) in [5.74, 6) is 0. The first-order valence-electron chi connectivity index (χ1n) is 6.11. The van der Waals surface area contributed by atoms with Gasteiger partial charge in [-0.25, -0.2) is 0 Å². The van der Waals surface area contributed by atoms with Crippen molar-refractivity contribution in [1.29, 1.82) is 0 Å². The number of halogens is 4. The maximum Gasteiger partial charge on any atom is 0.416 e. The third-order valence-electron chi connectivity index (χ3n) is 2.74. The van der Waals surface area contributed by atoms with E-state index < -0.39 is 11.7 Å². The average Bonchev–Trinajstić information content (AvgIpc) is 2.33. The molecule has 0 fully saturated rings. The largest absolute Gasteiger partial charge is 0.416 e. The van der Waals surface area contributed by atoms with Gasteiger partial charge in [0.15, 0.2) is 0 Å². The van der Waals surface area contributed by atoms with Gasteiger partial charge in [0.2, 0.25) is 0 Å². The molecule has 1 N–H and O–H groups in total. The Morgan fingerprint density at radius 1 is 1.42 bits per heavy atom. The van der Waals surface area contributed by atoms with E-state index in [4.69, 9.17) is 0 Å². The molecule has 0 spiro atoms. The van der Waals surface area contributed by atoms with Crippen molar-refractivity contribution in [1.82, 2.24) is 5.32 Å². The molecule has 1 unspecified atom stereocenters. The zero-order valence-electron chi connectivity index (χ0n) is 10.7. The first-order valence-corrected chi connectivity index (χ1v) is 6.90. The van der Waals surface area contributed by atoms with Crippen LogP contribution in [0.3, 0.4) is 0 Å². The Hall–Kier alpha value is -0.810. The van der Waals surface area contributed by atoms with Crippen LogP contribution in [0.25, 0.3) is 0 Å². The third-order valence-corrected chi connectivity index (χ3v) is 3.23. The van der Waals surface area contributed by atoms with Crippen molar-refractivity contribution >= 4 is 15.9 Å². The van der Waals surface area contributed by atoms with Crippen LogP contribution >= 0.6 is 15.9 Å². The van der Waals surface area contributed by atoms with Crippen molar-refractivity contribution in [2.45, 2.75) is 32.0 Å². The minimum absolute atomic E-state index is 0.268. The quantitative estimate of drug-likeness (QED) is 0.714. The van der Waals surface area contributed by atoms with Crippen molar-refractivity contribution in [3.05, 3.63) is 46.5 Å². The van der Waals surface area contributed by atoms with Gasteiger partial charge in [-0.3, -0.25) is 0 Å². The molecule has 0 bridgehead atoms. The molecule has 1 atom stereocenters. The van der Waals surface area contributed by atoms with E-state index in [-0.39, 0.29) is 11.6 Å². The van der Waals surface area contributed by atoms with Crippen molar-refractivity contribution in [2.24, 2.45) is 0 Å². The Balaban J connectivity index is 3.17. The van der Waals surface area contributed by atoms with Crippen molar-refractivity contribution in [3.63, 3.8) is 0 Å². The fourth-order valence-corrected chi connectivity index (χ4v) is 2.24. The minimum atomic E-state index is -4.35. The van der Waals surface area contributed by atoms with Gasteiger partial charge in [-0.15, -0.1) is 6.58 Å². The summed E-state index contributed by atoms with van der Waals surface area (Å²) in [5, 5.41) is 3.13. The fourth-order valence-electron chi connectivity index (χ4n) is 1.88. The molecule has 5 heteroatoms. The Morgan fingerprint density at radius 3 is 2.63 bits per heavy atom. The molecule has 0 amide bonds. The van der Waals surface area contributed by atoms with Gasteiger partial charge >= 0.3 is 6.18 Å². The molecule has 0 aromatic heterocycles. The molecular formula is C14H17BrF3N. The number of nitrogens with one attached hydrogen (secondary N) is 1. The van der Waals surface area contributed by atoms with Crippen LogP contribution in [0.2, 0.25) is 0 Å².